The Morgan fingerprint density at radius 3 is 2.45 bits per heavy atom. The van der Waals surface area contributed by atoms with Gasteiger partial charge in [-0.3, -0.25) is 4.99 Å². The zero-order chi connectivity index (χ0) is 20.7. The quantitative estimate of drug-likeness (QED) is 0.563. The molecule has 1 heterocycles. The van der Waals surface area contributed by atoms with E-state index in [1.807, 2.05) is 18.2 Å². The Morgan fingerprint density at radius 1 is 1.00 bits per heavy atom. The first-order valence-corrected chi connectivity index (χ1v) is 11.5. The Bertz CT molecular complexity index is 951. The van der Waals surface area contributed by atoms with E-state index in [0.717, 1.165) is 24.8 Å². The van der Waals surface area contributed by atoms with E-state index >= 15 is 0 Å². The maximum Gasteiger partial charge on any atom is 0.243 e. The molecule has 29 heavy (non-hydrogen) atoms. The van der Waals surface area contributed by atoms with Crippen LogP contribution in [0.4, 0.5) is 0 Å². The van der Waals surface area contributed by atoms with Gasteiger partial charge in [-0.25, -0.2) is 8.42 Å². The highest BCUT2D eigenvalue weighted by molar-refractivity contribution is 7.89. The SMILES string of the molecule is CN=C(NCc1cccc(S(=O)(=O)N2CCCCC2)c1)NCc1ccccc1C. The highest BCUT2D eigenvalue weighted by Gasteiger charge is 2.25. The summed E-state index contributed by atoms with van der Waals surface area (Å²) in [6.07, 6.45) is 2.97. The molecule has 0 atom stereocenters. The number of hydrogen-bond acceptors (Lipinski definition) is 3. The Kier molecular flexibility index (Phi) is 7.28. The van der Waals surface area contributed by atoms with Gasteiger partial charge in [-0.05, 0) is 48.6 Å². The number of nitrogens with one attached hydrogen (secondary N) is 2. The first kappa shape index (κ1) is 21.3. The molecule has 0 bridgehead atoms. The summed E-state index contributed by atoms with van der Waals surface area (Å²) < 4.78 is 27.4. The fraction of sp³-hybridized carbons (Fsp3) is 0.409. The third kappa shape index (κ3) is 5.58. The summed E-state index contributed by atoms with van der Waals surface area (Å²) >= 11 is 0. The third-order valence-electron chi connectivity index (χ3n) is 5.24. The van der Waals surface area contributed by atoms with Gasteiger partial charge in [-0.2, -0.15) is 4.31 Å². The number of benzene rings is 2. The normalized spacial score (nSPS) is 15.9. The van der Waals surface area contributed by atoms with E-state index in [1.165, 1.54) is 11.1 Å². The number of rotatable bonds is 6. The summed E-state index contributed by atoms with van der Waals surface area (Å²) in [6, 6.07) is 15.4. The van der Waals surface area contributed by atoms with Crippen LogP contribution in [0, 0.1) is 6.92 Å². The Morgan fingerprint density at radius 2 is 1.72 bits per heavy atom. The van der Waals surface area contributed by atoms with Gasteiger partial charge in [-0.1, -0.05) is 42.8 Å². The molecule has 1 aliphatic heterocycles. The molecular formula is C22H30N4O2S. The number of sulfonamides is 1. The zero-order valence-electron chi connectivity index (χ0n) is 17.2. The highest BCUT2D eigenvalue weighted by Crippen LogP contribution is 2.21. The minimum absolute atomic E-state index is 0.363. The van der Waals surface area contributed by atoms with Crippen LogP contribution >= 0.6 is 0 Å². The van der Waals surface area contributed by atoms with Gasteiger partial charge < -0.3 is 10.6 Å². The molecule has 2 aromatic rings. The number of piperidine rings is 1. The van der Waals surface area contributed by atoms with Crippen LogP contribution in [0.15, 0.2) is 58.4 Å². The second kappa shape index (κ2) is 9.89. The lowest BCUT2D eigenvalue weighted by atomic mass is 10.1. The molecule has 0 saturated carbocycles. The van der Waals surface area contributed by atoms with Crippen molar-refractivity contribution in [2.75, 3.05) is 20.1 Å². The molecule has 0 aromatic heterocycles. The van der Waals surface area contributed by atoms with Crippen molar-refractivity contribution in [3.63, 3.8) is 0 Å². The van der Waals surface area contributed by atoms with Gasteiger partial charge in [0.25, 0.3) is 0 Å². The van der Waals surface area contributed by atoms with Gasteiger partial charge in [0, 0.05) is 33.2 Å². The van der Waals surface area contributed by atoms with Gasteiger partial charge in [0.05, 0.1) is 4.90 Å². The largest absolute Gasteiger partial charge is 0.352 e. The van der Waals surface area contributed by atoms with Crippen molar-refractivity contribution in [3.8, 4) is 0 Å². The topological polar surface area (TPSA) is 73.8 Å². The molecule has 1 saturated heterocycles. The van der Waals surface area contributed by atoms with Crippen LogP contribution in [0.3, 0.4) is 0 Å². The van der Waals surface area contributed by atoms with E-state index in [4.69, 9.17) is 0 Å². The lowest BCUT2D eigenvalue weighted by molar-refractivity contribution is 0.346. The van der Waals surface area contributed by atoms with E-state index in [2.05, 4.69) is 34.7 Å². The number of nitrogens with zero attached hydrogens (tertiary/aromatic N) is 2. The van der Waals surface area contributed by atoms with Crippen LogP contribution in [-0.4, -0.2) is 38.8 Å². The molecule has 6 nitrogen and oxygen atoms in total. The van der Waals surface area contributed by atoms with Crippen LogP contribution in [0.2, 0.25) is 0 Å². The van der Waals surface area contributed by atoms with Crippen LogP contribution in [0.25, 0.3) is 0 Å². The lowest BCUT2D eigenvalue weighted by Crippen LogP contribution is -2.37. The van der Waals surface area contributed by atoms with Crippen LogP contribution < -0.4 is 10.6 Å². The minimum atomic E-state index is -3.42. The molecule has 1 fully saturated rings. The summed E-state index contributed by atoms with van der Waals surface area (Å²) in [5, 5.41) is 6.57. The summed E-state index contributed by atoms with van der Waals surface area (Å²) in [5.41, 5.74) is 3.35. The second-order valence-corrected chi connectivity index (χ2v) is 9.26. The van der Waals surface area contributed by atoms with Crippen LogP contribution in [0.1, 0.15) is 36.0 Å². The van der Waals surface area contributed by atoms with E-state index in [1.54, 1.807) is 29.6 Å². The highest BCUT2D eigenvalue weighted by atomic mass is 32.2. The first-order chi connectivity index (χ1) is 14.0. The standard InChI is InChI=1S/C22H30N4O2S/c1-18-9-4-5-11-20(18)17-25-22(23-2)24-16-19-10-8-12-21(15-19)29(27,28)26-13-6-3-7-14-26/h4-5,8-12,15H,3,6-7,13-14,16-17H2,1-2H3,(H2,23,24,25). The lowest BCUT2D eigenvalue weighted by Gasteiger charge is -2.26. The van der Waals surface area contributed by atoms with Gasteiger partial charge in [0.2, 0.25) is 10.0 Å². The molecule has 1 aliphatic rings. The van der Waals surface area contributed by atoms with Crippen molar-refractivity contribution < 1.29 is 8.42 Å². The summed E-state index contributed by atoms with van der Waals surface area (Å²) in [5.74, 6) is 0.678. The van der Waals surface area contributed by atoms with E-state index in [9.17, 15) is 8.42 Å². The number of aryl methyl sites for hydroxylation is 1. The smallest absolute Gasteiger partial charge is 0.243 e. The van der Waals surface area contributed by atoms with Crippen molar-refractivity contribution >= 4 is 16.0 Å². The molecule has 156 valence electrons. The Labute approximate surface area is 174 Å². The fourth-order valence-corrected chi connectivity index (χ4v) is 5.05. The summed E-state index contributed by atoms with van der Waals surface area (Å²) in [4.78, 5) is 4.62. The van der Waals surface area contributed by atoms with Crippen molar-refractivity contribution in [1.82, 2.24) is 14.9 Å². The molecular weight excluding hydrogens is 384 g/mol. The number of hydrogen-bond donors (Lipinski definition) is 2. The van der Waals surface area contributed by atoms with Gasteiger partial charge in [0.15, 0.2) is 5.96 Å². The number of aliphatic imine (C=N–C) groups is 1. The Hall–Kier alpha value is -2.38. The van der Waals surface area contributed by atoms with Gasteiger partial charge >= 0.3 is 0 Å². The van der Waals surface area contributed by atoms with Crippen molar-refractivity contribution in [1.29, 1.82) is 0 Å². The minimum Gasteiger partial charge on any atom is -0.352 e. The average molecular weight is 415 g/mol. The molecule has 0 unspecified atom stereocenters. The van der Waals surface area contributed by atoms with E-state index in [-0.39, 0.29) is 0 Å². The molecule has 0 amide bonds. The molecule has 3 rings (SSSR count). The van der Waals surface area contributed by atoms with Gasteiger partial charge in [-0.15, -0.1) is 0 Å². The zero-order valence-corrected chi connectivity index (χ0v) is 18.0. The maximum absolute atomic E-state index is 12.9. The molecule has 2 aromatic carbocycles. The predicted octanol–water partition coefficient (Wildman–Crippen LogP) is 3.03. The first-order valence-electron chi connectivity index (χ1n) is 10.1. The molecule has 2 N–H and O–H groups in total. The monoisotopic (exact) mass is 414 g/mol. The molecule has 7 heteroatoms. The van der Waals surface area contributed by atoms with Crippen molar-refractivity contribution in [2.24, 2.45) is 4.99 Å². The second-order valence-electron chi connectivity index (χ2n) is 7.32. The molecule has 0 spiro atoms. The summed E-state index contributed by atoms with van der Waals surface area (Å²) in [7, 11) is -1.69. The summed E-state index contributed by atoms with van der Waals surface area (Å²) in [6.45, 7) is 4.48. The Balaban J connectivity index is 1.61. The van der Waals surface area contributed by atoms with Crippen molar-refractivity contribution in [2.45, 2.75) is 44.2 Å². The van der Waals surface area contributed by atoms with Crippen LogP contribution in [-0.2, 0) is 23.1 Å². The fourth-order valence-electron chi connectivity index (χ4n) is 3.46. The predicted molar refractivity (Wildman–Crippen MR) is 117 cm³/mol. The molecule has 0 radical (unpaired) electrons. The van der Waals surface area contributed by atoms with E-state index in [0.29, 0.717) is 37.0 Å². The third-order valence-corrected chi connectivity index (χ3v) is 7.14. The average Bonchev–Trinajstić information content (AvgIpc) is 2.76. The van der Waals surface area contributed by atoms with E-state index < -0.39 is 10.0 Å². The maximum atomic E-state index is 12.9. The van der Waals surface area contributed by atoms with Gasteiger partial charge in [0.1, 0.15) is 0 Å². The van der Waals surface area contributed by atoms with Crippen molar-refractivity contribution in [3.05, 3.63) is 65.2 Å². The molecule has 0 aliphatic carbocycles. The van der Waals surface area contributed by atoms with Crippen LogP contribution in [0.5, 0.6) is 0 Å². The number of guanidine groups is 1.